The smallest absolute Gasteiger partial charge is 0.220 e. The first-order valence-electron chi connectivity index (χ1n) is 5.23. The van der Waals surface area contributed by atoms with E-state index in [2.05, 4.69) is 9.97 Å². The Morgan fingerprint density at radius 2 is 2.00 bits per heavy atom. The van der Waals surface area contributed by atoms with E-state index in [-0.39, 0.29) is 0 Å². The zero-order valence-electron chi connectivity index (χ0n) is 8.70. The van der Waals surface area contributed by atoms with E-state index in [0.29, 0.717) is 12.5 Å². The molecule has 15 heavy (non-hydrogen) atoms. The predicted molar refractivity (Wildman–Crippen MR) is 63.9 cm³/mol. The molecule has 1 aliphatic heterocycles. The molecule has 0 unspecified atom stereocenters. The van der Waals surface area contributed by atoms with Gasteiger partial charge in [0.1, 0.15) is 0 Å². The van der Waals surface area contributed by atoms with Crippen LogP contribution in [0.15, 0.2) is 0 Å². The van der Waals surface area contributed by atoms with Crippen LogP contribution in [-0.4, -0.2) is 28.0 Å². The minimum absolute atomic E-state index is 0.393. The maximum Gasteiger partial charge on any atom is 0.220 e. The lowest BCUT2D eigenvalue weighted by molar-refractivity contribution is 0.856. The molecule has 82 valence electrons. The van der Waals surface area contributed by atoms with Gasteiger partial charge in [0.05, 0.1) is 11.4 Å². The zero-order chi connectivity index (χ0) is 10.7. The number of nitrogens with zero attached hydrogens (tertiary/aromatic N) is 2. The number of thioether (sulfide) groups is 1. The SMILES string of the molecule is NCCc1nc(N)nc2c1CCSCC2. The second-order valence-corrected chi connectivity index (χ2v) is 4.83. The van der Waals surface area contributed by atoms with Crippen LogP contribution in [0.4, 0.5) is 5.95 Å². The van der Waals surface area contributed by atoms with Crippen LogP contribution in [0.1, 0.15) is 17.0 Å². The average molecular weight is 224 g/mol. The zero-order valence-corrected chi connectivity index (χ0v) is 9.52. The minimum atomic E-state index is 0.393. The highest BCUT2D eigenvalue weighted by atomic mass is 32.2. The van der Waals surface area contributed by atoms with Gasteiger partial charge >= 0.3 is 0 Å². The van der Waals surface area contributed by atoms with E-state index in [9.17, 15) is 0 Å². The number of nitrogen functional groups attached to an aromatic ring is 1. The largest absolute Gasteiger partial charge is 0.368 e. The second-order valence-electron chi connectivity index (χ2n) is 3.60. The standard InChI is InChI=1S/C10H16N4S/c11-4-1-8-7-2-5-15-6-3-9(7)14-10(12)13-8/h1-6,11H2,(H2,12,13,14). The van der Waals surface area contributed by atoms with Gasteiger partial charge in [0.15, 0.2) is 0 Å². The molecule has 0 fully saturated rings. The first-order chi connectivity index (χ1) is 7.31. The van der Waals surface area contributed by atoms with E-state index < -0.39 is 0 Å². The average Bonchev–Trinajstić information content (AvgIpc) is 2.43. The van der Waals surface area contributed by atoms with Crippen molar-refractivity contribution in [2.24, 2.45) is 5.73 Å². The summed E-state index contributed by atoms with van der Waals surface area (Å²) in [4.78, 5) is 8.62. The van der Waals surface area contributed by atoms with Crippen LogP contribution in [0.2, 0.25) is 0 Å². The fourth-order valence-corrected chi connectivity index (χ4v) is 2.78. The van der Waals surface area contributed by atoms with Crippen molar-refractivity contribution in [3.05, 3.63) is 17.0 Å². The van der Waals surface area contributed by atoms with Crippen molar-refractivity contribution in [1.82, 2.24) is 9.97 Å². The van der Waals surface area contributed by atoms with E-state index in [1.807, 2.05) is 11.8 Å². The summed E-state index contributed by atoms with van der Waals surface area (Å²) >= 11 is 1.97. The van der Waals surface area contributed by atoms with E-state index in [4.69, 9.17) is 11.5 Å². The molecule has 4 nitrogen and oxygen atoms in total. The van der Waals surface area contributed by atoms with Crippen LogP contribution < -0.4 is 11.5 Å². The first-order valence-corrected chi connectivity index (χ1v) is 6.38. The van der Waals surface area contributed by atoms with Crippen molar-refractivity contribution in [3.8, 4) is 0 Å². The lowest BCUT2D eigenvalue weighted by atomic mass is 10.0. The fraction of sp³-hybridized carbons (Fsp3) is 0.600. The maximum absolute atomic E-state index is 5.69. The third-order valence-corrected chi connectivity index (χ3v) is 3.54. The second kappa shape index (κ2) is 4.81. The monoisotopic (exact) mass is 224 g/mol. The van der Waals surface area contributed by atoms with Crippen molar-refractivity contribution >= 4 is 17.7 Å². The van der Waals surface area contributed by atoms with Crippen LogP contribution >= 0.6 is 11.8 Å². The third-order valence-electron chi connectivity index (χ3n) is 2.56. The van der Waals surface area contributed by atoms with E-state index >= 15 is 0 Å². The molecule has 0 radical (unpaired) electrons. The molecule has 4 N–H and O–H groups in total. The lowest BCUT2D eigenvalue weighted by Gasteiger charge is -2.10. The highest BCUT2D eigenvalue weighted by molar-refractivity contribution is 7.99. The summed E-state index contributed by atoms with van der Waals surface area (Å²) in [6, 6.07) is 0. The molecule has 5 heteroatoms. The molecule has 2 rings (SSSR count). The van der Waals surface area contributed by atoms with E-state index in [1.54, 1.807) is 0 Å². The number of anilines is 1. The van der Waals surface area contributed by atoms with Crippen molar-refractivity contribution in [2.45, 2.75) is 19.3 Å². The van der Waals surface area contributed by atoms with Crippen LogP contribution in [0.3, 0.4) is 0 Å². The number of hydrogen-bond acceptors (Lipinski definition) is 5. The molecule has 0 aliphatic carbocycles. The molecule has 0 saturated carbocycles. The molecular weight excluding hydrogens is 208 g/mol. The maximum atomic E-state index is 5.69. The Balaban J connectivity index is 2.40. The number of fused-ring (bicyclic) bond motifs is 1. The van der Waals surface area contributed by atoms with Crippen LogP contribution in [0, 0.1) is 0 Å². The number of hydrogen-bond donors (Lipinski definition) is 2. The van der Waals surface area contributed by atoms with Crippen LogP contribution in [0.5, 0.6) is 0 Å². The molecular formula is C10H16N4S. The summed E-state index contributed by atoms with van der Waals surface area (Å²) in [6.07, 6.45) is 2.86. The molecule has 0 bridgehead atoms. The number of rotatable bonds is 2. The molecule has 0 aromatic carbocycles. The minimum Gasteiger partial charge on any atom is -0.368 e. The third kappa shape index (κ3) is 2.41. The van der Waals surface area contributed by atoms with E-state index in [1.165, 1.54) is 5.56 Å². The highest BCUT2D eigenvalue weighted by Gasteiger charge is 2.15. The van der Waals surface area contributed by atoms with Crippen molar-refractivity contribution in [1.29, 1.82) is 0 Å². The quantitative estimate of drug-likeness (QED) is 0.760. The van der Waals surface area contributed by atoms with Gasteiger partial charge in [-0.2, -0.15) is 11.8 Å². The molecule has 0 spiro atoms. The molecule has 0 amide bonds. The lowest BCUT2D eigenvalue weighted by Crippen LogP contribution is -2.13. The number of nitrogens with two attached hydrogens (primary N) is 2. The summed E-state index contributed by atoms with van der Waals surface area (Å²) in [5.74, 6) is 2.67. The van der Waals surface area contributed by atoms with Gasteiger partial charge in [0, 0.05) is 6.42 Å². The summed E-state index contributed by atoms with van der Waals surface area (Å²) in [6.45, 7) is 0.621. The summed E-state index contributed by atoms with van der Waals surface area (Å²) in [5.41, 5.74) is 14.8. The molecule has 1 aromatic rings. The molecule has 2 heterocycles. The fourth-order valence-electron chi connectivity index (χ4n) is 1.89. The Hall–Kier alpha value is -0.810. The van der Waals surface area contributed by atoms with Crippen LogP contribution in [-0.2, 0) is 19.3 Å². The predicted octanol–water partition coefficient (Wildman–Crippen LogP) is 0.392. The Labute approximate surface area is 93.9 Å². The highest BCUT2D eigenvalue weighted by Crippen LogP contribution is 2.21. The summed E-state index contributed by atoms with van der Waals surface area (Å²) < 4.78 is 0. The van der Waals surface area contributed by atoms with Crippen molar-refractivity contribution < 1.29 is 0 Å². The Morgan fingerprint density at radius 3 is 2.80 bits per heavy atom. The van der Waals surface area contributed by atoms with Gasteiger partial charge in [-0.25, -0.2) is 9.97 Å². The molecule has 1 aromatic heterocycles. The normalized spacial score (nSPS) is 15.8. The van der Waals surface area contributed by atoms with Gasteiger partial charge in [0.25, 0.3) is 0 Å². The Bertz CT molecular complexity index is 354. The number of aromatic nitrogens is 2. The molecule has 0 atom stereocenters. The van der Waals surface area contributed by atoms with Crippen LogP contribution in [0.25, 0.3) is 0 Å². The van der Waals surface area contributed by atoms with Gasteiger partial charge in [-0.05, 0) is 36.5 Å². The number of aryl methyl sites for hydroxylation is 1. The van der Waals surface area contributed by atoms with Gasteiger partial charge in [-0.15, -0.1) is 0 Å². The van der Waals surface area contributed by atoms with Gasteiger partial charge < -0.3 is 11.5 Å². The van der Waals surface area contributed by atoms with Gasteiger partial charge in [-0.1, -0.05) is 0 Å². The Morgan fingerprint density at radius 1 is 1.20 bits per heavy atom. The van der Waals surface area contributed by atoms with Crippen molar-refractivity contribution in [2.75, 3.05) is 23.8 Å². The molecule has 0 saturated heterocycles. The molecule has 1 aliphatic rings. The first kappa shape index (κ1) is 10.7. The van der Waals surface area contributed by atoms with Crippen molar-refractivity contribution in [3.63, 3.8) is 0 Å². The summed E-state index contributed by atoms with van der Waals surface area (Å²) in [5, 5.41) is 0. The summed E-state index contributed by atoms with van der Waals surface area (Å²) in [7, 11) is 0. The van der Waals surface area contributed by atoms with E-state index in [0.717, 1.165) is 42.2 Å². The van der Waals surface area contributed by atoms with Gasteiger partial charge in [0.2, 0.25) is 5.95 Å². The van der Waals surface area contributed by atoms with Gasteiger partial charge in [-0.3, -0.25) is 0 Å². The Kier molecular flexibility index (Phi) is 3.43. The topological polar surface area (TPSA) is 77.8 Å².